The lowest BCUT2D eigenvalue weighted by atomic mass is 9.78. The third-order valence-electron chi connectivity index (χ3n) is 7.64. The maximum Gasteiger partial charge on any atom is 0.224 e. The number of rotatable bonds is 5. The monoisotopic (exact) mass is 511 g/mol. The molecular weight excluding hydrogens is 478 g/mol. The van der Waals surface area contributed by atoms with Crippen molar-refractivity contribution in [3.8, 4) is 11.5 Å². The number of hydrogen-bond donors (Lipinski definition) is 3. The highest BCUT2D eigenvalue weighted by molar-refractivity contribution is 6.06. The van der Waals surface area contributed by atoms with Crippen LogP contribution in [0.3, 0.4) is 0 Å². The van der Waals surface area contributed by atoms with Gasteiger partial charge in [-0.3, -0.25) is 14.5 Å². The van der Waals surface area contributed by atoms with E-state index in [1.807, 2.05) is 36.4 Å². The van der Waals surface area contributed by atoms with Crippen molar-refractivity contribution in [2.75, 3.05) is 28.2 Å². The maximum atomic E-state index is 13.9. The van der Waals surface area contributed by atoms with Crippen LogP contribution in [0.25, 0.3) is 0 Å². The summed E-state index contributed by atoms with van der Waals surface area (Å²) in [5, 5.41) is 23.3. The van der Waals surface area contributed by atoms with Gasteiger partial charge in [0, 0.05) is 43.4 Å². The molecule has 1 aliphatic heterocycles. The van der Waals surface area contributed by atoms with E-state index in [-0.39, 0.29) is 35.5 Å². The molecule has 2 aliphatic rings. The summed E-state index contributed by atoms with van der Waals surface area (Å²) in [5.74, 6) is -0.773. The zero-order valence-electron chi connectivity index (χ0n) is 21.9. The zero-order chi connectivity index (χ0) is 27.0. The minimum absolute atomic E-state index is 0.0480. The second-order valence-electron chi connectivity index (χ2n) is 9.87. The van der Waals surface area contributed by atoms with Crippen LogP contribution in [-0.4, -0.2) is 35.0 Å². The van der Waals surface area contributed by atoms with Gasteiger partial charge in [0.2, 0.25) is 5.91 Å². The van der Waals surface area contributed by atoms with Crippen LogP contribution < -0.4 is 15.1 Å². The molecule has 0 fully saturated rings. The van der Waals surface area contributed by atoms with Gasteiger partial charge in [0.1, 0.15) is 0 Å². The van der Waals surface area contributed by atoms with Gasteiger partial charge in [-0.1, -0.05) is 30.3 Å². The molecule has 7 nitrogen and oxygen atoms in total. The predicted octanol–water partition coefficient (Wildman–Crippen LogP) is 5.86. The first-order chi connectivity index (χ1) is 18.3. The highest BCUT2D eigenvalue weighted by atomic mass is 16.3. The van der Waals surface area contributed by atoms with Crippen LogP contribution >= 0.6 is 0 Å². The summed E-state index contributed by atoms with van der Waals surface area (Å²) in [6.45, 7) is 7.54. The van der Waals surface area contributed by atoms with Gasteiger partial charge in [-0.15, -0.1) is 0 Å². The highest BCUT2D eigenvalue weighted by Gasteiger charge is 2.40. The van der Waals surface area contributed by atoms with Crippen molar-refractivity contribution in [1.82, 2.24) is 0 Å². The first kappa shape index (κ1) is 25.4. The van der Waals surface area contributed by atoms with E-state index in [1.54, 1.807) is 11.0 Å². The molecule has 5 rings (SSSR count). The van der Waals surface area contributed by atoms with Crippen molar-refractivity contribution < 1.29 is 19.8 Å². The van der Waals surface area contributed by atoms with Gasteiger partial charge in [-0.2, -0.15) is 0 Å². The summed E-state index contributed by atoms with van der Waals surface area (Å²) in [6, 6.07) is 19.9. The van der Waals surface area contributed by atoms with Gasteiger partial charge in [0.15, 0.2) is 17.3 Å². The Morgan fingerprint density at radius 1 is 0.947 bits per heavy atom. The largest absolute Gasteiger partial charge is 0.504 e. The van der Waals surface area contributed by atoms with Crippen molar-refractivity contribution >= 4 is 28.8 Å². The number of allylic oxidation sites excluding steroid dienone is 1. The number of carbonyl (C=O) groups excluding carboxylic acids is 2. The molecule has 196 valence electrons. The number of aromatic hydroxyl groups is 2. The third kappa shape index (κ3) is 4.49. The lowest BCUT2D eigenvalue weighted by Gasteiger charge is -2.35. The minimum Gasteiger partial charge on any atom is -0.504 e. The number of fused-ring (bicyclic) bond motifs is 1. The van der Waals surface area contributed by atoms with Crippen LogP contribution in [-0.2, 0) is 9.59 Å². The van der Waals surface area contributed by atoms with E-state index in [2.05, 4.69) is 36.2 Å². The molecule has 0 spiro atoms. The molecule has 1 amide bonds. The van der Waals surface area contributed by atoms with Crippen LogP contribution in [0, 0.1) is 0 Å². The first-order valence-corrected chi connectivity index (χ1v) is 13.1. The second kappa shape index (κ2) is 10.2. The first-order valence-electron chi connectivity index (χ1n) is 13.1. The molecule has 2 atom stereocenters. The standard InChI is InChI=1S/C31H33N3O4/c1-4-33(5-2)23-13-10-20(11-14-23)31-30-25(32-24-8-6-7-9-26(24)34(31)19(3)35)16-22(18-29(30)38)21-12-15-27(36)28(37)17-21/h6-15,17,22,31-32,36-37H,4-5,16,18H2,1-3H3. The maximum absolute atomic E-state index is 13.9. The highest BCUT2D eigenvalue weighted by Crippen LogP contribution is 2.48. The number of nitrogens with zero attached hydrogens (tertiary/aromatic N) is 2. The molecule has 0 saturated carbocycles. The van der Waals surface area contributed by atoms with Crippen molar-refractivity contribution in [1.29, 1.82) is 0 Å². The van der Waals surface area contributed by atoms with E-state index < -0.39 is 6.04 Å². The van der Waals surface area contributed by atoms with Crippen molar-refractivity contribution in [3.05, 3.63) is 89.1 Å². The molecule has 3 aromatic carbocycles. The number of carbonyl (C=O) groups is 2. The number of ketones is 1. The van der Waals surface area contributed by atoms with Crippen molar-refractivity contribution in [2.24, 2.45) is 0 Å². The van der Waals surface area contributed by atoms with Crippen LogP contribution in [0.2, 0.25) is 0 Å². The lowest BCUT2D eigenvalue weighted by Crippen LogP contribution is -2.37. The van der Waals surface area contributed by atoms with Crippen LogP contribution in [0.5, 0.6) is 11.5 Å². The average Bonchev–Trinajstić information content (AvgIpc) is 3.06. The van der Waals surface area contributed by atoms with Crippen molar-refractivity contribution in [2.45, 2.75) is 45.6 Å². The Balaban J connectivity index is 1.65. The zero-order valence-corrected chi connectivity index (χ0v) is 21.9. The predicted molar refractivity (Wildman–Crippen MR) is 150 cm³/mol. The summed E-state index contributed by atoms with van der Waals surface area (Å²) in [5.41, 5.74) is 5.59. The van der Waals surface area contributed by atoms with Crippen LogP contribution in [0.1, 0.15) is 56.7 Å². The molecule has 0 aromatic heterocycles. The van der Waals surface area contributed by atoms with Gasteiger partial charge >= 0.3 is 0 Å². The molecule has 2 unspecified atom stereocenters. The van der Waals surface area contributed by atoms with Crippen molar-refractivity contribution in [3.63, 3.8) is 0 Å². The number of Topliss-reactive ketones (excluding diaryl/α,β-unsaturated/α-hetero) is 1. The molecule has 38 heavy (non-hydrogen) atoms. The van der Waals surface area contributed by atoms with Gasteiger partial charge in [0.25, 0.3) is 0 Å². The number of nitrogens with one attached hydrogen (secondary N) is 1. The molecule has 0 saturated heterocycles. The van der Waals surface area contributed by atoms with E-state index >= 15 is 0 Å². The van der Waals surface area contributed by atoms with E-state index in [4.69, 9.17) is 0 Å². The summed E-state index contributed by atoms with van der Waals surface area (Å²) in [7, 11) is 0. The SMILES string of the molecule is CCN(CC)c1ccc(C2C3=C(CC(c4ccc(O)c(O)c4)CC3=O)Nc3ccccc3N2C(C)=O)cc1. The molecule has 3 aromatic rings. The summed E-state index contributed by atoms with van der Waals surface area (Å²) in [6.07, 6.45) is 0.764. The van der Waals surface area contributed by atoms with E-state index in [9.17, 15) is 19.8 Å². The normalized spacial score (nSPS) is 18.8. The molecule has 1 heterocycles. The van der Waals surface area contributed by atoms with Crippen LogP contribution in [0.15, 0.2) is 78.0 Å². The van der Waals surface area contributed by atoms with Gasteiger partial charge < -0.3 is 20.4 Å². The molecule has 0 bridgehead atoms. The fourth-order valence-electron chi connectivity index (χ4n) is 5.74. The Bertz CT molecular complexity index is 1410. The Hall–Kier alpha value is -4.26. The van der Waals surface area contributed by atoms with E-state index in [0.717, 1.165) is 47.0 Å². The number of anilines is 3. The fraction of sp³-hybridized carbons (Fsp3) is 0.290. The number of amides is 1. The molecule has 0 radical (unpaired) electrons. The number of hydrogen-bond acceptors (Lipinski definition) is 6. The number of para-hydroxylation sites is 2. The average molecular weight is 512 g/mol. The van der Waals surface area contributed by atoms with Gasteiger partial charge in [-0.25, -0.2) is 0 Å². The molecular formula is C31H33N3O4. The molecule has 3 N–H and O–H groups in total. The van der Waals surface area contributed by atoms with Gasteiger partial charge in [0.05, 0.1) is 17.4 Å². The fourth-order valence-corrected chi connectivity index (χ4v) is 5.74. The molecule has 1 aliphatic carbocycles. The van der Waals surface area contributed by atoms with E-state index in [0.29, 0.717) is 12.0 Å². The summed E-state index contributed by atoms with van der Waals surface area (Å²) < 4.78 is 0. The van der Waals surface area contributed by atoms with E-state index in [1.165, 1.54) is 19.1 Å². The summed E-state index contributed by atoms with van der Waals surface area (Å²) >= 11 is 0. The number of benzene rings is 3. The Kier molecular flexibility index (Phi) is 6.85. The van der Waals surface area contributed by atoms with Crippen LogP contribution in [0.4, 0.5) is 17.1 Å². The quantitative estimate of drug-likeness (QED) is 0.371. The summed E-state index contributed by atoms with van der Waals surface area (Å²) in [4.78, 5) is 31.1. The minimum atomic E-state index is -0.578. The second-order valence-corrected chi connectivity index (χ2v) is 9.87. The Labute approximate surface area is 223 Å². The Morgan fingerprint density at radius 2 is 1.63 bits per heavy atom. The van der Waals surface area contributed by atoms with Gasteiger partial charge in [-0.05, 0) is 73.7 Å². The third-order valence-corrected chi connectivity index (χ3v) is 7.64. The lowest BCUT2D eigenvalue weighted by molar-refractivity contribution is -0.117. The number of phenolic OH excluding ortho intramolecular Hbond substituents is 2. The topological polar surface area (TPSA) is 93.1 Å². The smallest absolute Gasteiger partial charge is 0.224 e. The number of phenols is 2. The molecule has 7 heteroatoms. The Morgan fingerprint density at radius 3 is 2.29 bits per heavy atom.